The number of carbonyl (C=O) groups excluding carboxylic acids is 1. The van der Waals surface area contributed by atoms with Crippen molar-refractivity contribution in [3.8, 4) is 5.75 Å². The van der Waals surface area contributed by atoms with Gasteiger partial charge in [0.2, 0.25) is 5.88 Å². The first-order valence-corrected chi connectivity index (χ1v) is 11.0. The van der Waals surface area contributed by atoms with Crippen molar-refractivity contribution in [1.82, 2.24) is 4.57 Å². The Kier molecular flexibility index (Phi) is 9.85. The van der Waals surface area contributed by atoms with Crippen LogP contribution in [0, 0.1) is 0 Å². The van der Waals surface area contributed by atoms with Crippen LogP contribution < -0.4 is 21.0 Å². The van der Waals surface area contributed by atoms with Crippen LogP contribution in [-0.4, -0.2) is 37.2 Å². The molecule has 7 heteroatoms. The van der Waals surface area contributed by atoms with E-state index in [1.807, 2.05) is 22.9 Å². The van der Waals surface area contributed by atoms with E-state index < -0.39 is 5.97 Å². The zero-order valence-electron chi connectivity index (χ0n) is 19.6. The van der Waals surface area contributed by atoms with Crippen LogP contribution in [0.5, 0.6) is 5.75 Å². The lowest BCUT2D eigenvalue weighted by molar-refractivity contribution is 0.0600. The molecular weight excluding hydrogens is 406 g/mol. The summed E-state index contributed by atoms with van der Waals surface area (Å²) in [6.45, 7) is 9.43. The highest BCUT2D eigenvalue weighted by Crippen LogP contribution is 2.21. The van der Waals surface area contributed by atoms with E-state index in [9.17, 15) is 4.79 Å². The molecule has 0 saturated heterocycles. The molecule has 0 atom stereocenters. The molecule has 0 aliphatic rings. The van der Waals surface area contributed by atoms with Gasteiger partial charge in [-0.1, -0.05) is 39.3 Å². The predicted octanol–water partition coefficient (Wildman–Crippen LogP) is 3.17. The standard InChI is InChI=1S/C25H35N3O4/c1-6-8-9-15-32-24(27-22(26)10-7-2)23-18(3)13-14-28(23)17-20-12-11-19(25(29)31-5)16-21(20)30-4/h11-14,16H,3,6-10,15,17H2,1-2,4-5H3,(H2,26,27)/b24-23-. The Morgan fingerprint density at radius 1 is 1.16 bits per heavy atom. The van der Waals surface area contributed by atoms with Crippen LogP contribution in [0.15, 0.2) is 35.5 Å². The first-order chi connectivity index (χ1) is 15.4. The van der Waals surface area contributed by atoms with Crippen molar-refractivity contribution in [3.05, 3.63) is 52.2 Å². The van der Waals surface area contributed by atoms with Crippen LogP contribution in [0.25, 0.3) is 12.5 Å². The molecule has 2 rings (SSSR count). The summed E-state index contributed by atoms with van der Waals surface area (Å²) in [7, 11) is 2.93. The van der Waals surface area contributed by atoms with Crippen molar-refractivity contribution in [2.45, 2.75) is 52.5 Å². The molecule has 0 saturated carbocycles. The molecule has 1 aromatic carbocycles. The SMILES string of the molecule is C=c1ccn(Cc2ccc(C(=O)OC)cc2OC)/c1=C(/N=C(/N)CCC)OCCCCC. The third-order valence-electron chi connectivity index (χ3n) is 5.04. The van der Waals surface area contributed by atoms with E-state index in [1.165, 1.54) is 7.11 Å². The number of rotatable bonds is 12. The van der Waals surface area contributed by atoms with Crippen LogP contribution in [-0.2, 0) is 16.0 Å². The molecule has 2 N–H and O–H groups in total. The van der Waals surface area contributed by atoms with E-state index in [1.54, 1.807) is 19.2 Å². The van der Waals surface area contributed by atoms with Crippen LogP contribution in [0.1, 0.15) is 61.9 Å². The fourth-order valence-electron chi connectivity index (χ4n) is 3.33. The van der Waals surface area contributed by atoms with Crippen LogP contribution in [0.2, 0.25) is 0 Å². The molecule has 0 spiro atoms. The Hall–Kier alpha value is -3.22. The number of amidine groups is 1. The third-order valence-corrected chi connectivity index (χ3v) is 5.04. The van der Waals surface area contributed by atoms with Crippen molar-refractivity contribution in [2.24, 2.45) is 10.7 Å². The molecule has 0 radical (unpaired) electrons. The number of aliphatic imine (C=N–C) groups is 1. The van der Waals surface area contributed by atoms with Gasteiger partial charge in [-0.05, 0) is 36.3 Å². The van der Waals surface area contributed by atoms with Gasteiger partial charge in [0.25, 0.3) is 0 Å². The van der Waals surface area contributed by atoms with Crippen LogP contribution in [0.4, 0.5) is 0 Å². The Morgan fingerprint density at radius 2 is 1.94 bits per heavy atom. The second-order valence-corrected chi connectivity index (χ2v) is 7.55. The maximum Gasteiger partial charge on any atom is 0.337 e. The number of hydrogen-bond donors (Lipinski definition) is 1. The Bertz CT molecular complexity index is 1040. The summed E-state index contributed by atoms with van der Waals surface area (Å²) in [5, 5.41) is 1.58. The molecular formula is C25H35N3O4. The molecule has 0 amide bonds. The van der Waals surface area contributed by atoms with Crippen LogP contribution >= 0.6 is 0 Å². The van der Waals surface area contributed by atoms with Crippen molar-refractivity contribution >= 4 is 24.3 Å². The van der Waals surface area contributed by atoms with Gasteiger partial charge in [0.15, 0.2) is 0 Å². The zero-order valence-corrected chi connectivity index (χ0v) is 19.6. The van der Waals surface area contributed by atoms with Gasteiger partial charge in [0.05, 0.1) is 32.9 Å². The lowest BCUT2D eigenvalue weighted by Crippen LogP contribution is -2.32. The molecule has 174 valence electrons. The number of methoxy groups -OCH3 is 2. The van der Waals surface area contributed by atoms with Crippen molar-refractivity contribution in [2.75, 3.05) is 20.8 Å². The number of nitrogens with two attached hydrogens (primary N) is 1. The van der Waals surface area contributed by atoms with Gasteiger partial charge >= 0.3 is 5.97 Å². The molecule has 0 unspecified atom stereocenters. The van der Waals surface area contributed by atoms with Gasteiger partial charge in [-0.15, -0.1) is 0 Å². The average Bonchev–Trinajstić information content (AvgIpc) is 3.15. The largest absolute Gasteiger partial charge is 0.496 e. The minimum atomic E-state index is -0.409. The summed E-state index contributed by atoms with van der Waals surface area (Å²) in [6.07, 6.45) is 6.67. The summed E-state index contributed by atoms with van der Waals surface area (Å²) < 4.78 is 18.4. The maximum absolute atomic E-state index is 11.9. The van der Waals surface area contributed by atoms with Gasteiger partial charge in [-0.3, -0.25) is 0 Å². The summed E-state index contributed by atoms with van der Waals surface area (Å²) in [4.78, 5) is 16.5. The first kappa shape index (κ1) is 25.0. The van der Waals surface area contributed by atoms with E-state index in [0.29, 0.717) is 42.6 Å². The number of hydrogen-bond acceptors (Lipinski definition) is 5. The predicted molar refractivity (Wildman–Crippen MR) is 128 cm³/mol. The fourth-order valence-corrected chi connectivity index (χ4v) is 3.33. The second kappa shape index (κ2) is 12.6. The normalized spacial score (nSPS) is 12.4. The second-order valence-electron chi connectivity index (χ2n) is 7.55. The molecule has 1 heterocycles. The Balaban J connectivity index is 2.50. The summed E-state index contributed by atoms with van der Waals surface area (Å²) >= 11 is 0. The smallest absolute Gasteiger partial charge is 0.337 e. The van der Waals surface area contributed by atoms with E-state index in [2.05, 4.69) is 25.4 Å². The Labute approximate surface area is 190 Å². The van der Waals surface area contributed by atoms with Gasteiger partial charge in [-0.25, -0.2) is 4.79 Å². The van der Waals surface area contributed by atoms with Crippen molar-refractivity contribution < 1.29 is 19.0 Å². The lowest BCUT2D eigenvalue weighted by Gasteiger charge is -2.13. The number of esters is 1. The maximum atomic E-state index is 11.9. The molecule has 0 aliphatic heterocycles. The molecule has 0 fully saturated rings. The summed E-state index contributed by atoms with van der Waals surface area (Å²) in [5.41, 5.74) is 7.46. The van der Waals surface area contributed by atoms with Crippen molar-refractivity contribution in [3.63, 3.8) is 0 Å². The number of carbonyl (C=O) groups is 1. The summed E-state index contributed by atoms with van der Waals surface area (Å²) in [5.74, 6) is 1.20. The highest BCUT2D eigenvalue weighted by Gasteiger charge is 2.13. The molecule has 0 bridgehead atoms. The molecule has 0 aliphatic carbocycles. The average molecular weight is 442 g/mol. The van der Waals surface area contributed by atoms with E-state index in [-0.39, 0.29) is 0 Å². The molecule has 2 aromatic rings. The highest BCUT2D eigenvalue weighted by molar-refractivity contribution is 5.90. The zero-order chi connectivity index (χ0) is 23.5. The van der Waals surface area contributed by atoms with Gasteiger partial charge in [0.1, 0.15) is 16.9 Å². The number of aromatic nitrogens is 1. The molecule has 1 aromatic heterocycles. The van der Waals surface area contributed by atoms with E-state index >= 15 is 0 Å². The number of benzene rings is 1. The summed E-state index contributed by atoms with van der Waals surface area (Å²) in [6, 6.07) is 7.18. The highest BCUT2D eigenvalue weighted by atomic mass is 16.5. The van der Waals surface area contributed by atoms with E-state index in [0.717, 1.165) is 41.8 Å². The third kappa shape index (κ3) is 6.64. The quantitative estimate of drug-likeness (QED) is 0.237. The minimum Gasteiger partial charge on any atom is -0.496 e. The minimum absolute atomic E-state index is 0.409. The van der Waals surface area contributed by atoms with Gasteiger partial charge < -0.3 is 24.5 Å². The van der Waals surface area contributed by atoms with Gasteiger partial charge in [-0.2, -0.15) is 4.99 Å². The van der Waals surface area contributed by atoms with Gasteiger partial charge in [0, 0.05) is 18.2 Å². The number of nitrogens with zero attached hydrogens (tertiary/aromatic N) is 2. The molecule has 7 nitrogen and oxygen atoms in total. The van der Waals surface area contributed by atoms with E-state index in [4.69, 9.17) is 19.9 Å². The van der Waals surface area contributed by atoms with Crippen molar-refractivity contribution in [1.29, 1.82) is 0 Å². The number of ether oxygens (including phenoxy) is 3. The number of unbranched alkanes of at least 4 members (excludes halogenated alkanes) is 2. The topological polar surface area (TPSA) is 88.1 Å². The monoisotopic (exact) mass is 441 g/mol. The Morgan fingerprint density at radius 3 is 2.59 bits per heavy atom. The van der Waals surface area contributed by atoms with Crippen LogP contribution in [0.3, 0.4) is 0 Å². The fraction of sp³-hybridized carbons (Fsp3) is 0.440. The lowest BCUT2D eigenvalue weighted by atomic mass is 10.1. The first-order valence-electron chi connectivity index (χ1n) is 11.0. The molecule has 32 heavy (non-hydrogen) atoms.